The Kier molecular flexibility index (Phi) is 7.11. The topological polar surface area (TPSA) is 90.6 Å². The number of carbonyl (C=O) groups excluding carboxylic acids is 1. The van der Waals surface area contributed by atoms with E-state index in [-0.39, 0.29) is 0 Å². The molecular formula is C26H30N6OS. The quantitative estimate of drug-likeness (QED) is 0.496. The van der Waals surface area contributed by atoms with E-state index in [0.717, 1.165) is 44.6 Å². The molecule has 2 aliphatic heterocycles. The normalized spacial score (nSPS) is 18.4. The molecular weight excluding hydrogens is 444 g/mol. The molecule has 1 spiro atoms. The van der Waals surface area contributed by atoms with Gasteiger partial charge in [-0.1, -0.05) is 49.0 Å². The molecule has 0 saturated carbocycles. The number of amides is 1. The molecule has 2 fully saturated rings. The fraction of sp³-hybridized carbons (Fsp3) is 0.462. The van der Waals surface area contributed by atoms with Gasteiger partial charge in [0, 0.05) is 19.6 Å². The Hall–Kier alpha value is -3.07. The second kappa shape index (κ2) is 10.0. The zero-order valence-electron chi connectivity index (χ0n) is 19.8. The number of aromatic nitrogens is 1. The highest BCUT2D eigenvalue weighted by molar-refractivity contribution is 8.00. The second-order valence-electron chi connectivity index (χ2n) is 9.31. The number of pyridine rings is 1. The maximum Gasteiger partial charge on any atom is 0.235 e. The molecule has 2 aromatic rings. The van der Waals surface area contributed by atoms with Crippen LogP contribution in [-0.2, 0) is 11.2 Å². The summed E-state index contributed by atoms with van der Waals surface area (Å²) in [5.74, 6) is 0.145. The van der Waals surface area contributed by atoms with Crippen LogP contribution in [0.4, 0.5) is 11.5 Å². The van der Waals surface area contributed by atoms with Gasteiger partial charge in [0.15, 0.2) is 0 Å². The Balaban J connectivity index is 1.72. The maximum absolute atomic E-state index is 12.4. The number of likely N-dealkylation sites (tertiary alicyclic amines) is 1. The van der Waals surface area contributed by atoms with Crippen LogP contribution in [0.25, 0.3) is 4.85 Å². The molecule has 1 amide bonds. The average Bonchev–Trinajstić information content (AvgIpc) is 3.21. The number of rotatable bonds is 6. The number of nitrogens with two attached hydrogens (primary N) is 1. The molecule has 2 aliphatic rings. The summed E-state index contributed by atoms with van der Waals surface area (Å²) in [6, 6.07) is 11.6. The van der Waals surface area contributed by atoms with Crippen LogP contribution in [0.5, 0.6) is 0 Å². The van der Waals surface area contributed by atoms with Gasteiger partial charge in [-0.15, -0.1) is 0 Å². The molecule has 1 atom stereocenters. The second-order valence-corrected chi connectivity index (χ2v) is 10.4. The van der Waals surface area contributed by atoms with E-state index in [1.807, 2.05) is 37.3 Å². The van der Waals surface area contributed by atoms with Crippen molar-refractivity contribution in [2.75, 3.05) is 38.1 Å². The van der Waals surface area contributed by atoms with Gasteiger partial charge in [-0.25, -0.2) is 9.83 Å². The molecule has 1 aromatic heterocycles. The fourth-order valence-electron chi connectivity index (χ4n) is 5.26. The van der Waals surface area contributed by atoms with Crippen molar-refractivity contribution in [3.8, 4) is 6.07 Å². The number of anilines is 1. The molecule has 34 heavy (non-hydrogen) atoms. The number of nitrogens with zero attached hydrogens (tertiary/aromatic N) is 5. The van der Waals surface area contributed by atoms with Crippen molar-refractivity contribution in [1.29, 1.82) is 5.26 Å². The Morgan fingerprint density at radius 1 is 1.29 bits per heavy atom. The zero-order valence-corrected chi connectivity index (χ0v) is 20.6. The van der Waals surface area contributed by atoms with E-state index < -0.39 is 11.2 Å². The third-order valence-corrected chi connectivity index (χ3v) is 8.40. The summed E-state index contributed by atoms with van der Waals surface area (Å²) in [5.41, 5.74) is 8.40. The van der Waals surface area contributed by atoms with Crippen molar-refractivity contribution < 1.29 is 4.79 Å². The van der Waals surface area contributed by atoms with Crippen LogP contribution in [0, 0.1) is 23.3 Å². The first-order valence-corrected chi connectivity index (χ1v) is 12.6. The number of thioether (sulfide) groups is 1. The molecule has 2 N–H and O–H groups in total. The van der Waals surface area contributed by atoms with Crippen LogP contribution in [0.1, 0.15) is 48.1 Å². The average molecular weight is 475 g/mol. The zero-order chi connectivity index (χ0) is 24.3. The summed E-state index contributed by atoms with van der Waals surface area (Å²) < 4.78 is 0. The van der Waals surface area contributed by atoms with Crippen LogP contribution >= 0.6 is 11.8 Å². The van der Waals surface area contributed by atoms with Crippen molar-refractivity contribution in [2.24, 2.45) is 11.1 Å². The lowest BCUT2D eigenvalue weighted by Crippen LogP contribution is -2.41. The number of benzene rings is 1. The summed E-state index contributed by atoms with van der Waals surface area (Å²) >= 11 is 1.20. The maximum atomic E-state index is 12.4. The van der Waals surface area contributed by atoms with Gasteiger partial charge in [0.25, 0.3) is 0 Å². The van der Waals surface area contributed by atoms with Crippen LogP contribution in [0.2, 0.25) is 0 Å². The highest BCUT2D eigenvalue weighted by atomic mass is 32.2. The van der Waals surface area contributed by atoms with Gasteiger partial charge in [0.2, 0.25) is 11.6 Å². The number of nitriles is 1. The Bertz CT molecular complexity index is 1140. The Morgan fingerprint density at radius 3 is 2.50 bits per heavy atom. The summed E-state index contributed by atoms with van der Waals surface area (Å²) in [4.78, 5) is 25.6. The van der Waals surface area contributed by atoms with Gasteiger partial charge < -0.3 is 15.5 Å². The van der Waals surface area contributed by atoms with Gasteiger partial charge in [0.1, 0.15) is 22.2 Å². The van der Waals surface area contributed by atoms with Gasteiger partial charge in [-0.2, -0.15) is 5.26 Å². The molecule has 7 nitrogen and oxygen atoms in total. The largest absolute Gasteiger partial charge is 0.368 e. The number of hydrogen-bond donors (Lipinski definition) is 1. The lowest BCUT2D eigenvalue weighted by Gasteiger charge is -2.40. The minimum Gasteiger partial charge on any atom is -0.368 e. The Morgan fingerprint density at radius 2 is 1.97 bits per heavy atom. The molecule has 0 bridgehead atoms. The number of primary amides is 1. The van der Waals surface area contributed by atoms with Gasteiger partial charge in [0.05, 0.1) is 12.1 Å². The number of carbonyl (C=O) groups is 1. The van der Waals surface area contributed by atoms with Gasteiger partial charge in [-0.3, -0.25) is 4.79 Å². The Labute approximate surface area is 205 Å². The van der Waals surface area contributed by atoms with Gasteiger partial charge >= 0.3 is 0 Å². The van der Waals surface area contributed by atoms with Crippen LogP contribution in [0.3, 0.4) is 0 Å². The van der Waals surface area contributed by atoms with E-state index in [4.69, 9.17) is 17.3 Å². The first-order chi connectivity index (χ1) is 16.4. The third kappa shape index (κ3) is 4.61. The number of piperidine rings is 1. The minimum absolute atomic E-state index is 0.353. The smallest absolute Gasteiger partial charge is 0.235 e. The summed E-state index contributed by atoms with van der Waals surface area (Å²) in [5, 5.41) is 9.79. The SMILES string of the molecule is [C-]#[N+]c1c(N2CCC3(CCN(C)C3)CC2)nc(SC(C(N)=O)c2ccccc2)c(C#N)c1CC. The van der Waals surface area contributed by atoms with Gasteiger partial charge in [-0.05, 0) is 55.8 Å². The lowest BCUT2D eigenvalue weighted by molar-refractivity contribution is -0.117. The molecule has 8 heteroatoms. The van der Waals surface area contributed by atoms with Crippen LogP contribution in [0.15, 0.2) is 35.4 Å². The van der Waals surface area contributed by atoms with Crippen molar-refractivity contribution in [3.05, 3.63) is 58.4 Å². The molecule has 2 saturated heterocycles. The minimum atomic E-state index is -0.671. The molecule has 1 unspecified atom stereocenters. The lowest BCUT2D eigenvalue weighted by atomic mass is 9.78. The molecule has 176 valence electrons. The monoisotopic (exact) mass is 474 g/mol. The van der Waals surface area contributed by atoms with E-state index in [2.05, 4.69) is 27.8 Å². The van der Waals surface area contributed by atoms with E-state index in [0.29, 0.717) is 39.5 Å². The van der Waals surface area contributed by atoms with E-state index >= 15 is 0 Å². The molecule has 4 rings (SSSR count). The molecule has 0 aliphatic carbocycles. The summed E-state index contributed by atoms with van der Waals surface area (Å²) in [6.07, 6.45) is 3.88. The van der Waals surface area contributed by atoms with Crippen LogP contribution in [-0.4, -0.2) is 49.0 Å². The highest BCUT2D eigenvalue weighted by Gasteiger charge is 2.40. The standard InChI is InChI=1S/C26H30N6OS/c1-4-19-20(16-27)25(34-22(23(28)33)18-8-6-5-7-9-18)30-24(21(19)29-2)32-14-11-26(12-15-32)10-13-31(3)17-26/h5-9,22H,4,10-15,17H2,1,3H3,(H2,28,33). The van der Waals surface area contributed by atoms with Crippen molar-refractivity contribution >= 4 is 29.2 Å². The van der Waals surface area contributed by atoms with Crippen LogP contribution < -0.4 is 10.6 Å². The fourth-order valence-corrected chi connectivity index (χ4v) is 6.32. The summed E-state index contributed by atoms with van der Waals surface area (Å²) in [7, 11) is 2.18. The summed E-state index contributed by atoms with van der Waals surface area (Å²) in [6.45, 7) is 13.8. The predicted octanol–water partition coefficient (Wildman–Crippen LogP) is 4.31. The molecule has 0 radical (unpaired) electrons. The first-order valence-electron chi connectivity index (χ1n) is 11.7. The molecule has 1 aromatic carbocycles. The predicted molar refractivity (Wildman–Crippen MR) is 135 cm³/mol. The van der Waals surface area contributed by atoms with Crippen molar-refractivity contribution in [3.63, 3.8) is 0 Å². The van der Waals surface area contributed by atoms with Crippen molar-refractivity contribution in [2.45, 2.75) is 42.9 Å². The first kappa shape index (κ1) is 24.1. The number of hydrogen-bond acceptors (Lipinski definition) is 6. The molecule has 3 heterocycles. The van der Waals surface area contributed by atoms with E-state index in [9.17, 15) is 10.1 Å². The van der Waals surface area contributed by atoms with E-state index in [1.165, 1.54) is 18.2 Å². The van der Waals surface area contributed by atoms with Crippen molar-refractivity contribution in [1.82, 2.24) is 9.88 Å². The highest BCUT2D eigenvalue weighted by Crippen LogP contribution is 2.45. The third-order valence-electron chi connectivity index (χ3n) is 7.14. The van der Waals surface area contributed by atoms with E-state index in [1.54, 1.807) is 0 Å².